The molecule has 30 heavy (non-hydrogen) atoms. The van der Waals surface area contributed by atoms with Gasteiger partial charge in [0.15, 0.2) is 5.60 Å². The molecule has 7 heteroatoms. The number of carbonyl (C=O) groups excluding carboxylic acids is 1. The van der Waals surface area contributed by atoms with E-state index in [0.29, 0.717) is 22.6 Å². The lowest BCUT2D eigenvalue weighted by Gasteiger charge is -2.27. The first-order valence-corrected chi connectivity index (χ1v) is 9.87. The summed E-state index contributed by atoms with van der Waals surface area (Å²) in [5.74, 6) is 0.542. The van der Waals surface area contributed by atoms with Gasteiger partial charge in [-0.1, -0.05) is 52.3 Å². The van der Waals surface area contributed by atoms with Crippen LogP contribution in [0.1, 0.15) is 16.7 Å². The first-order valence-electron chi connectivity index (χ1n) is 9.08. The van der Waals surface area contributed by atoms with Crippen LogP contribution in [0.5, 0.6) is 11.5 Å². The molecule has 0 heterocycles. The molecule has 0 unspecified atom stereocenters. The van der Waals surface area contributed by atoms with E-state index in [-0.39, 0.29) is 0 Å². The van der Waals surface area contributed by atoms with Gasteiger partial charge in [0.2, 0.25) is 0 Å². The van der Waals surface area contributed by atoms with Gasteiger partial charge < -0.3 is 14.6 Å². The van der Waals surface area contributed by atoms with E-state index >= 15 is 0 Å². The maximum absolute atomic E-state index is 13.1. The van der Waals surface area contributed by atoms with Crippen LogP contribution in [0.2, 0.25) is 0 Å². The Hall–Kier alpha value is -3.16. The minimum atomic E-state index is -1.96. The van der Waals surface area contributed by atoms with Crippen molar-refractivity contribution in [3.63, 3.8) is 0 Å². The van der Waals surface area contributed by atoms with E-state index in [1.165, 1.54) is 6.21 Å². The summed E-state index contributed by atoms with van der Waals surface area (Å²) >= 11 is 3.37. The number of benzene rings is 3. The van der Waals surface area contributed by atoms with Gasteiger partial charge in [-0.3, -0.25) is 4.79 Å². The number of hydrazone groups is 1. The highest BCUT2D eigenvalue weighted by Crippen LogP contribution is 2.32. The van der Waals surface area contributed by atoms with Crippen LogP contribution in [-0.4, -0.2) is 31.4 Å². The molecule has 0 saturated carbocycles. The second-order valence-corrected chi connectivity index (χ2v) is 7.33. The first kappa shape index (κ1) is 21.5. The fraction of sp³-hybridized carbons (Fsp3) is 0.130. The zero-order valence-corrected chi connectivity index (χ0v) is 18.1. The van der Waals surface area contributed by atoms with E-state index in [2.05, 4.69) is 26.5 Å². The summed E-state index contributed by atoms with van der Waals surface area (Å²) in [5, 5.41) is 15.5. The maximum Gasteiger partial charge on any atom is 0.281 e. The zero-order valence-electron chi connectivity index (χ0n) is 16.5. The number of hydrogen-bond donors (Lipinski definition) is 2. The average molecular weight is 469 g/mol. The molecule has 0 aliphatic rings. The monoisotopic (exact) mass is 468 g/mol. The Morgan fingerprint density at radius 3 is 1.80 bits per heavy atom. The first-order chi connectivity index (χ1) is 14.5. The molecular weight excluding hydrogens is 448 g/mol. The fourth-order valence-corrected chi connectivity index (χ4v) is 3.15. The number of nitrogens with zero attached hydrogens (tertiary/aromatic N) is 1. The normalized spacial score (nSPS) is 11.3. The Labute approximate surface area is 183 Å². The van der Waals surface area contributed by atoms with Crippen LogP contribution in [0.25, 0.3) is 0 Å². The average Bonchev–Trinajstić information content (AvgIpc) is 2.80. The minimum absolute atomic E-state index is 0.379. The van der Waals surface area contributed by atoms with Gasteiger partial charge in [-0.05, 0) is 53.1 Å². The summed E-state index contributed by atoms with van der Waals surface area (Å²) in [5.41, 5.74) is 2.04. The summed E-state index contributed by atoms with van der Waals surface area (Å²) in [7, 11) is 3.10. The molecule has 1 amide bonds. The van der Waals surface area contributed by atoms with Crippen LogP contribution in [0.4, 0.5) is 0 Å². The van der Waals surface area contributed by atoms with E-state index in [1.54, 1.807) is 62.8 Å². The Balaban J connectivity index is 1.92. The topological polar surface area (TPSA) is 80.2 Å². The largest absolute Gasteiger partial charge is 0.497 e. The van der Waals surface area contributed by atoms with Crippen molar-refractivity contribution >= 4 is 28.1 Å². The molecule has 3 rings (SSSR count). The van der Waals surface area contributed by atoms with Crippen molar-refractivity contribution in [2.45, 2.75) is 5.60 Å². The third-order valence-corrected chi connectivity index (χ3v) is 5.12. The summed E-state index contributed by atoms with van der Waals surface area (Å²) in [6.45, 7) is 0. The van der Waals surface area contributed by atoms with Crippen molar-refractivity contribution in [1.29, 1.82) is 0 Å². The van der Waals surface area contributed by atoms with Crippen LogP contribution in [0, 0.1) is 0 Å². The van der Waals surface area contributed by atoms with Crippen molar-refractivity contribution in [3.05, 3.63) is 94.0 Å². The van der Waals surface area contributed by atoms with Crippen molar-refractivity contribution in [2.75, 3.05) is 14.2 Å². The molecule has 0 aromatic heterocycles. The number of ether oxygens (including phenoxy) is 2. The molecule has 0 saturated heterocycles. The van der Waals surface area contributed by atoms with Crippen molar-refractivity contribution in [2.24, 2.45) is 5.10 Å². The maximum atomic E-state index is 13.1. The minimum Gasteiger partial charge on any atom is -0.497 e. The molecule has 0 bridgehead atoms. The smallest absolute Gasteiger partial charge is 0.281 e. The van der Waals surface area contributed by atoms with Gasteiger partial charge in [-0.25, -0.2) is 5.43 Å². The highest BCUT2D eigenvalue weighted by molar-refractivity contribution is 9.10. The Morgan fingerprint density at radius 1 is 0.900 bits per heavy atom. The number of methoxy groups -OCH3 is 2. The molecule has 0 atom stereocenters. The fourth-order valence-electron chi connectivity index (χ4n) is 2.89. The second-order valence-electron chi connectivity index (χ2n) is 6.42. The van der Waals surface area contributed by atoms with Crippen molar-refractivity contribution < 1.29 is 19.4 Å². The van der Waals surface area contributed by atoms with Gasteiger partial charge >= 0.3 is 0 Å². The molecule has 3 aromatic rings. The Kier molecular flexibility index (Phi) is 6.87. The highest BCUT2D eigenvalue weighted by atomic mass is 79.9. The molecule has 3 aromatic carbocycles. The SMILES string of the molecule is COc1ccc(C(O)(C(=O)N/N=C\c2ccc(Br)cc2)c2ccc(OC)cc2)cc1. The number of nitrogens with one attached hydrogen (secondary N) is 1. The molecule has 0 aliphatic heterocycles. The van der Waals surface area contributed by atoms with Crippen LogP contribution in [-0.2, 0) is 10.4 Å². The Bertz CT molecular complexity index is 969. The molecule has 0 aliphatic carbocycles. The van der Waals surface area contributed by atoms with Crippen LogP contribution < -0.4 is 14.9 Å². The number of hydrogen-bond acceptors (Lipinski definition) is 5. The molecule has 0 fully saturated rings. The lowest BCUT2D eigenvalue weighted by atomic mass is 9.85. The van der Waals surface area contributed by atoms with Gasteiger partial charge in [0, 0.05) is 4.47 Å². The lowest BCUT2D eigenvalue weighted by molar-refractivity contribution is -0.136. The number of rotatable bonds is 7. The van der Waals surface area contributed by atoms with Gasteiger partial charge in [-0.15, -0.1) is 0 Å². The van der Waals surface area contributed by atoms with E-state index in [1.807, 2.05) is 24.3 Å². The van der Waals surface area contributed by atoms with Crippen LogP contribution in [0.15, 0.2) is 82.4 Å². The third kappa shape index (κ3) is 4.69. The summed E-state index contributed by atoms with van der Waals surface area (Å²) < 4.78 is 11.3. The zero-order chi connectivity index (χ0) is 21.6. The number of amides is 1. The predicted octanol–water partition coefficient (Wildman–Crippen LogP) is 3.85. The molecule has 0 radical (unpaired) electrons. The number of halogens is 1. The molecular formula is C23H21BrN2O4. The van der Waals surface area contributed by atoms with E-state index in [4.69, 9.17) is 9.47 Å². The van der Waals surface area contributed by atoms with E-state index < -0.39 is 11.5 Å². The van der Waals surface area contributed by atoms with Gasteiger partial charge in [0.05, 0.1) is 20.4 Å². The van der Waals surface area contributed by atoms with Crippen molar-refractivity contribution in [1.82, 2.24) is 5.43 Å². The van der Waals surface area contributed by atoms with E-state index in [9.17, 15) is 9.90 Å². The standard InChI is InChI=1S/C23H21BrN2O4/c1-29-20-11-5-17(6-12-20)23(28,18-7-13-21(30-2)14-8-18)22(27)26-25-15-16-3-9-19(24)10-4-16/h3-15,28H,1-2H3,(H,26,27)/b25-15-. The quantitative estimate of drug-likeness (QED) is 0.407. The Morgan fingerprint density at radius 2 is 1.37 bits per heavy atom. The molecule has 0 spiro atoms. The van der Waals surface area contributed by atoms with Gasteiger partial charge in [0.25, 0.3) is 5.91 Å². The van der Waals surface area contributed by atoms with Crippen LogP contribution in [0.3, 0.4) is 0 Å². The third-order valence-electron chi connectivity index (χ3n) is 4.59. The van der Waals surface area contributed by atoms with Gasteiger partial charge in [-0.2, -0.15) is 5.10 Å². The highest BCUT2D eigenvalue weighted by Gasteiger charge is 2.40. The molecule has 154 valence electrons. The van der Waals surface area contributed by atoms with E-state index in [0.717, 1.165) is 10.0 Å². The van der Waals surface area contributed by atoms with Crippen LogP contribution >= 0.6 is 15.9 Å². The molecule has 6 nitrogen and oxygen atoms in total. The number of carbonyl (C=O) groups is 1. The second kappa shape index (κ2) is 9.56. The number of aliphatic hydroxyl groups is 1. The van der Waals surface area contributed by atoms with Crippen molar-refractivity contribution in [3.8, 4) is 11.5 Å². The van der Waals surface area contributed by atoms with Gasteiger partial charge in [0.1, 0.15) is 11.5 Å². The summed E-state index contributed by atoms with van der Waals surface area (Å²) in [4.78, 5) is 13.1. The predicted molar refractivity (Wildman–Crippen MR) is 119 cm³/mol. The summed E-state index contributed by atoms with van der Waals surface area (Å²) in [6, 6.07) is 20.7. The lowest BCUT2D eigenvalue weighted by Crippen LogP contribution is -2.43. The molecule has 2 N–H and O–H groups in total. The summed E-state index contributed by atoms with van der Waals surface area (Å²) in [6.07, 6.45) is 1.51.